The van der Waals surface area contributed by atoms with Gasteiger partial charge in [-0.3, -0.25) is 9.52 Å². The van der Waals surface area contributed by atoms with Crippen molar-refractivity contribution in [2.24, 2.45) is 0 Å². The standard InChI is InChI=1S/C20H17FN2O3S/c1-14-3-2-4-18(13-14)23-27(25,26)19-11-5-15(6-12-19)20(24)22-17-9-7-16(21)8-10-17/h2-13,23H,1H3,(H,22,24). The molecule has 0 spiro atoms. The quantitative estimate of drug-likeness (QED) is 0.693. The Hall–Kier alpha value is -3.19. The highest BCUT2D eigenvalue weighted by atomic mass is 32.2. The predicted octanol–water partition coefficient (Wildman–Crippen LogP) is 4.19. The van der Waals surface area contributed by atoms with Gasteiger partial charge < -0.3 is 5.32 Å². The Morgan fingerprint density at radius 2 is 1.56 bits per heavy atom. The summed E-state index contributed by atoms with van der Waals surface area (Å²) in [6, 6.07) is 17.9. The van der Waals surface area contributed by atoms with E-state index in [0.717, 1.165) is 5.56 Å². The summed E-state index contributed by atoms with van der Waals surface area (Å²) in [6.45, 7) is 1.87. The summed E-state index contributed by atoms with van der Waals surface area (Å²) < 4.78 is 40.4. The second-order valence-corrected chi connectivity index (χ2v) is 7.64. The summed E-state index contributed by atoms with van der Waals surface area (Å²) in [5.41, 5.74) is 2.13. The molecule has 0 bridgehead atoms. The number of aryl methyl sites for hydroxylation is 1. The summed E-state index contributed by atoms with van der Waals surface area (Å²) in [6.07, 6.45) is 0. The van der Waals surface area contributed by atoms with E-state index in [1.165, 1.54) is 48.5 Å². The van der Waals surface area contributed by atoms with Crippen LogP contribution in [0.1, 0.15) is 15.9 Å². The molecule has 0 fully saturated rings. The van der Waals surface area contributed by atoms with Crippen molar-refractivity contribution in [3.05, 3.63) is 89.7 Å². The number of carbonyl (C=O) groups is 1. The molecule has 0 aliphatic heterocycles. The first-order valence-corrected chi connectivity index (χ1v) is 9.58. The summed E-state index contributed by atoms with van der Waals surface area (Å²) in [4.78, 5) is 12.3. The molecule has 3 aromatic rings. The molecule has 3 rings (SSSR count). The van der Waals surface area contributed by atoms with Gasteiger partial charge in [0.1, 0.15) is 5.82 Å². The van der Waals surface area contributed by atoms with E-state index in [9.17, 15) is 17.6 Å². The van der Waals surface area contributed by atoms with Gasteiger partial charge in [-0.1, -0.05) is 12.1 Å². The fourth-order valence-electron chi connectivity index (χ4n) is 2.44. The Morgan fingerprint density at radius 1 is 0.889 bits per heavy atom. The molecule has 5 nitrogen and oxygen atoms in total. The van der Waals surface area contributed by atoms with E-state index in [2.05, 4.69) is 10.0 Å². The van der Waals surface area contributed by atoms with E-state index in [1.54, 1.807) is 18.2 Å². The van der Waals surface area contributed by atoms with Crippen LogP contribution in [0.3, 0.4) is 0 Å². The molecular weight excluding hydrogens is 367 g/mol. The van der Waals surface area contributed by atoms with Crippen LogP contribution in [-0.2, 0) is 10.0 Å². The minimum Gasteiger partial charge on any atom is -0.322 e. The highest BCUT2D eigenvalue weighted by Crippen LogP contribution is 2.18. The molecule has 0 radical (unpaired) electrons. The van der Waals surface area contributed by atoms with Crippen LogP contribution < -0.4 is 10.0 Å². The van der Waals surface area contributed by atoms with Crippen molar-refractivity contribution in [3.8, 4) is 0 Å². The second kappa shape index (κ2) is 7.59. The third-order valence-corrected chi connectivity index (χ3v) is 5.20. The van der Waals surface area contributed by atoms with Crippen LogP contribution in [-0.4, -0.2) is 14.3 Å². The Labute approximate surface area is 156 Å². The first kappa shape index (κ1) is 18.6. The number of sulfonamides is 1. The molecule has 0 saturated heterocycles. The minimum atomic E-state index is -3.76. The van der Waals surface area contributed by atoms with Crippen molar-refractivity contribution in [1.29, 1.82) is 0 Å². The maximum atomic E-state index is 12.9. The average Bonchev–Trinajstić information content (AvgIpc) is 2.63. The number of benzene rings is 3. The molecule has 0 saturated carbocycles. The number of amides is 1. The van der Waals surface area contributed by atoms with Gasteiger partial charge in [0.05, 0.1) is 4.90 Å². The molecule has 3 aromatic carbocycles. The van der Waals surface area contributed by atoms with Gasteiger partial charge in [0, 0.05) is 16.9 Å². The normalized spacial score (nSPS) is 11.0. The largest absolute Gasteiger partial charge is 0.322 e. The number of carbonyl (C=O) groups excluding carboxylic acids is 1. The Bertz CT molecular complexity index is 1060. The lowest BCUT2D eigenvalue weighted by atomic mass is 10.2. The third kappa shape index (κ3) is 4.71. The van der Waals surface area contributed by atoms with Gasteiger partial charge >= 0.3 is 0 Å². The lowest BCUT2D eigenvalue weighted by Gasteiger charge is -2.10. The molecule has 27 heavy (non-hydrogen) atoms. The van der Waals surface area contributed by atoms with Crippen LogP contribution in [0.25, 0.3) is 0 Å². The topological polar surface area (TPSA) is 75.3 Å². The van der Waals surface area contributed by atoms with E-state index < -0.39 is 21.7 Å². The number of hydrogen-bond donors (Lipinski definition) is 2. The fourth-order valence-corrected chi connectivity index (χ4v) is 3.49. The molecular formula is C20H17FN2O3S. The van der Waals surface area contributed by atoms with Gasteiger partial charge in [0.15, 0.2) is 0 Å². The van der Waals surface area contributed by atoms with Crippen molar-refractivity contribution in [3.63, 3.8) is 0 Å². The zero-order chi connectivity index (χ0) is 19.4. The van der Waals surface area contributed by atoms with Crippen LogP contribution in [0.5, 0.6) is 0 Å². The highest BCUT2D eigenvalue weighted by molar-refractivity contribution is 7.92. The fraction of sp³-hybridized carbons (Fsp3) is 0.0500. The number of halogens is 1. The van der Waals surface area contributed by atoms with E-state index in [1.807, 2.05) is 13.0 Å². The molecule has 0 aliphatic rings. The molecule has 0 aromatic heterocycles. The lowest BCUT2D eigenvalue weighted by Crippen LogP contribution is -2.15. The molecule has 138 valence electrons. The summed E-state index contributed by atoms with van der Waals surface area (Å²) >= 11 is 0. The Kier molecular flexibility index (Phi) is 5.23. The van der Waals surface area contributed by atoms with Gasteiger partial charge in [-0.05, 0) is 73.2 Å². The first-order valence-electron chi connectivity index (χ1n) is 8.10. The molecule has 2 N–H and O–H groups in total. The number of nitrogens with one attached hydrogen (secondary N) is 2. The van der Waals surface area contributed by atoms with Crippen LogP contribution in [0.2, 0.25) is 0 Å². The van der Waals surface area contributed by atoms with Crippen LogP contribution >= 0.6 is 0 Å². The monoisotopic (exact) mass is 384 g/mol. The van der Waals surface area contributed by atoms with E-state index >= 15 is 0 Å². The van der Waals surface area contributed by atoms with Crippen LogP contribution in [0, 0.1) is 12.7 Å². The van der Waals surface area contributed by atoms with E-state index in [0.29, 0.717) is 11.4 Å². The first-order chi connectivity index (χ1) is 12.8. The van der Waals surface area contributed by atoms with E-state index in [-0.39, 0.29) is 10.5 Å². The molecule has 0 heterocycles. The van der Waals surface area contributed by atoms with Gasteiger partial charge in [-0.25, -0.2) is 12.8 Å². The van der Waals surface area contributed by atoms with E-state index in [4.69, 9.17) is 0 Å². The van der Waals surface area contributed by atoms with Crippen LogP contribution in [0.4, 0.5) is 15.8 Å². The van der Waals surface area contributed by atoms with Crippen molar-refractivity contribution >= 4 is 27.3 Å². The van der Waals surface area contributed by atoms with Gasteiger partial charge in [0.25, 0.3) is 15.9 Å². The molecule has 1 amide bonds. The van der Waals surface area contributed by atoms with Crippen molar-refractivity contribution in [2.45, 2.75) is 11.8 Å². The maximum Gasteiger partial charge on any atom is 0.261 e. The Morgan fingerprint density at radius 3 is 2.19 bits per heavy atom. The van der Waals surface area contributed by atoms with Gasteiger partial charge in [0.2, 0.25) is 0 Å². The van der Waals surface area contributed by atoms with Crippen molar-refractivity contribution < 1.29 is 17.6 Å². The van der Waals surface area contributed by atoms with Gasteiger partial charge in [-0.2, -0.15) is 0 Å². The summed E-state index contributed by atoms with van der Waals surface area (Å²) in [5, 5.41) is 2.62. The number of anilines is 2. The molecule has 7 heteroatoms. The van der Waals surface area contributed by atoms with Crippen molar-refractivity contribution in [1.82, 2.24) is 0 Å². The maximum absolute atomic E-state index is 12.9. The third-order valence-electron chi connectivity index (χ3n) is 3.80. The SMILES string of the molecule is Cc1cccc(NS(=O)(=O)c2ccc(C(=O)Nc3ccc(F)cc3)cc2)c1. The van der Waals surface area contributed by atoms with Gasteiger partial charge in [-0.15, -0.1) is 0 Å². The highest BCUT2D eigenvalue weighted by Gasteiger charge is 2.15. The minimum absolute atomic E-state index is 0.0438. The average molecular weight is 384 g/mol. The zero-order valence-electron chi connectivity index (χ0n) is 14.4. The number of hydrogen-bond acceptors (Lipinski definition) is 3. The van der Waals surface area contributed by atoms with Crippen LogP contribution in [0.15, 0.2) is 77.7 Å². The molecule has 0 unspecified atom stereocenters. The molecule has 0 atom stereocenters. The lowest BCUT2D eigenvalue weighted by molar-refractivity contribution is 0.102. The smallest absolute Gasteiger partial charge is 0.261 e. The second-order valence-electron chi connectivity index (χ2n) is 5.96. The summed E-state index contributed by atoms with van der Waals surface area (Å²) in [5.74, 6) is -0.819. The zero-order valence-corrected chi connectivity index (χ0v) is 15.3. The Balaban J connectivity index is 1.73. The number of rotatable bonds is 5. The summed E-state index contributed by atoms with van der Waals surface area (Å²) in [7, 11) is -3.76. The predicted molar refractivity (Wildman–Crippen MR) is 103 cm³/mol. The molecule has 0 aliphatic carbocycles. The van der Waals surface area contributed by atoms with Crippen molar-refractivity contribution in [2.75, 3.05) is 10.0 Å².